The fraction of sp³-hybridized carbons (Fsp3) is 1.00. The minimum absolute atomic E-state index is 0.316. The number of halogens is 2. The molecule has 0 saturated carbocycles. The van der Waals surface area contributed by atoms with Gasteiger partial charge in [0.1, 0.15) is 0 Å². The molecule has 68 valence electrons. The summed E-state index contributed by atoms with van der Waals surface area (Å²) in [4.78, 5) is 0. The average molecular weight is 233 g/mol. The Balaban J connectivity index is 4.26. The Hall–Kier alpha value is 1.29. The predicted molar refractivity (Wildman–Crippen MR) is 51.8 cm³/mol. The van der Waals surface area contributed by atoms with Crippen LogP contribution in [-0.4, -0.2) is 9.56 Å². The van der Waals surface area contributed by atoms with Crippen molar-refractivity contribution < 1.29 is 16.6 Å². The molecule has 0 aliphatic heterocycles. The molecule has 0 spiro atoms. The second kappa shape index (κ2) is 5.86. The predicted octanol–water partition coefficient (Wildman–Crippen LogP) is 4.26. The van der Waals surface area contributed by atoms with Gasteiger partial charge in [-0.25, -0.2) is 0 Å². The van der Waals surface area contributed by atoms with Crippen molar-refractivity contribution in [1.82, 2.24) is 0 Å². The molecule has 0 bridgehead atoms. The van der Waals surface area contributed by atoms with Crippen LogP contribution in [0.5, 0.6) is 0 Å². The first-order valence-corrected chi connectivity index (χ1v) is 9.55. The molecular formula is C8H18Cl2Ti. The van der Waals surface area contributed by atoms with Crippen molar-refractivity contribution in [2.24, 2.45) is 0 Å². The van der Waals surface area contributed by atoms with Crippen molar-refractivity contribution in [2.75, 3.05) is 5.88 Å². The van der Waals surface area contributed by atoms with E-state index in [0.29, 0.717) is 9.56 Å². The molecule has 0 aromatic carbocycles. The maximum atomic E-state index is 6.24. The molecule has 0 amide bonds. The Morgan fingerprint density at radius 2 is 1.45 bits per heavy atom. The SMILES string of the molecule is C[CH2][Ti]([CH2]C)([CH2]C)[CH](Cl)CCl. The summed E-state index contributed by atoms with van der Waals surface area (Å²) in [6.07, 6.45) is 0. The molecule has 0 aliphatic rings. The monoisotopic (exact) mass is 232 g/mol. The van der Waals surface area contributed by atoms with Crippen molar-refractivity contribution in [3.05, 3.63) is 0 Å². The topological polar surface area (TPSA) is 0 Å². The first-order chi connectivity index (χ1) is 5.16. The summed E-state index contributed by atoms with van der Waals surface area (Å²) in [7, 11) is 0. The molecule has 1 unspecified atom stereocenters. The van der Waals surface area contributed by atoms with E-state index in [9.17, 15) is 0 Å². The van der Waals surface area contributed by atoms with Gasteiger partial charge in [-0.15, -0.1) is 0 Å². The van der Waals surface area contributed by atoms with Gasteiger partial charge in [0, 0.05) is 0 Å². The molecule has 0 aromatic heterocycles. The van der Waals surface area contributed by atoms with Crippen LogP contribution in [0.1, 0.15) is 20.8 Å². The van der Waals surface area contributed by atoms with Crippen LogP contribution in [0.25, 0.3) is 0 Å². The summed E-state index contributed by atoms with van der Waals surface area (Å²) >= 11 is 10.3. The van der Waals surface area contributed by atoms with Gasteiger partial charge in [-0.1, -0.05) is 0 Å². The van der Waals surface area contributed by atoms with Crippen LogP contribution in [0, 0.1) is 0 Å². The Bertz CT molecular complexity index is 94.0. The van der Waals surface area contributed by atoms with Crippen molar-refractivity contribution in [3.63, 3.8) is 0 Å². The Kier molecular flexibility index (Phi) is 6.55. The van der Waals surface area contributed by atoms with Gasteiger partial charge in [0.25, 0.3) is 0 Å². The van der Waals surface area contributed by atoms with E-state index in [2.05, 4.69) is 20.8 Å². The molecule has 0 radical (unpaired) electrons. The van der Waals surface area contributed by atoms with E-state index in [0.717, 1.165) is 0 Å². The normalized spacial score (nSPS) is 15.0. The summed E-state index contributed by atoms with van der Waals surface area (Å²) in [6.45, 7) is 6.82. The molecule has 0 rings (SSSR count). The van der Waals surface area contributed by atoms with Crippen LogP contribution in [0.2, 0.25) is 14.2 Å². The molecule has 0 saturated heterocycles. The molecule has 0 nitrogen and oxygen atoms in total. The van der Waals surface area contributed by atoms with E-state index in [4.69, 9.17) is 23.2 Å². The first-order valence-electron chi connectivity index (χ1n) is 4.36. The van der Waals surface area contributed by atoms with Crippen molar-refractivity contribution >= 4 is 23.2 Å². The van der Waals surface area contributed by atoms with Gasteiger partial charge in [0.05, 0.1) is 0 Å². The number of alkyl halides is 2. The van der Waals surface area contributed by atoms with E-state index in [-0.39, 0.29) is 0 Å². The molecule has 1 atom stereocenters. The van der Waals surface area contributed by atoms with Crippen LogP contribution in [0.15, 0.2) is 0 Å². The van der Waals surface area contributed by atoms with Gasteiger partial charge in [0.2, 0.25) is 0 Å². The van der Waals surface area contributed by atoms with Crippen molar-refractivity contribution in [3.8, 4) is 0 Å². The van der Waals surface area contributed by atoms with Crippen LogP contribution in [0.4, 0.5) is 0 Å². The van der Waals surface area contributed by atoms with Crippen molar-refractivity contribution in [2.45, 2.75) is 38.6 Å². The van der Waals surface area contributed by atoms with Gasteiger partial charge >= 0.3 is 84.3 Å². The third-order valence-corrected chi connectivity index (χ3v) is 14.8. The summed E-state index contributed by atoms with van der Waals surface area (Å²) < 4.78 is 4.26. The Morgan fingerprint density at radius 1 is 1.09 bits per heavy atom. The van der Waals surface area contributed by atoms with Crippen LogP contribution >= 0.6 is 23.2 Å². The molecule has 0 heterocycles. The zero-order valence-electron chi connectivity index (χ0n) is 7.66. The van der Waals surface area contributed by atoms with Crippen LogP contribution < -0.4 is 0 Å². The van der Waals surface area contributed by atoms with Gasteiger partial charge < -0.3 is 0 Å². The molecule has 0 fully saturated rings. The van der Waals surface area contributed by atoms with Gasteiger partial charge in [-0.2, -0.15) is 0 Å². The number of rotatable bonds is 5. The average Bonchev–Trinajstić information content (AvgIpc) is 2.08. The summed E-state index contributed by atoms with van der Waals surface area (Å²) in [5, 5.41) is 0. The quantitative estimate of drug-likeness (QED) is 0.491. The van der Waals surface area contributed by atoms with E-state index in [1.165, 1.54) is 14.2 Å². The zero-order valence-corrected chi connectivity index (χ0v) is 10.7. The Labute approximate surface area is 84.0 Å². The second-order valence-electron chi connectivity index (χ2n) is 3.04. The molecule has 3 heteroatoms. The maximum absolute atomic E-state index is 6.24. The van der Waals surface area contributed by atoms with E-state index in [1.807, 2.05) is 0 Å². The van der Waals surface area contributed by atoms with E-state index in [1.54, 1.807) is 0 Å². The Morgan fingerprint density at radius 3 is 1.55 bits per heavy atom. The standard InChI is InChI=1S/C2H3Cl2.3C2H5.Ti/c3-1-2-4;3*1-2;/h1H,2H2;3*1H2,2H3;. The van der Waals surface area contributed by atoms with E-state index < -0.39 is 16.6 Å². The summed E-state index contributed by atoms with van der Waals surface area (Å²) in [6, 6.07) is 0. The third kappa shape index (κ3) is 2.92. The summed E-state index contributed by atoms with van der Waals surface area (Å²) in [5.41, 5.74) is 0. The molecule has 0 N–H and O–H groups in total. The van der Waals surface area contributed by atoms with Gasteiger partial charge in [-0.05, 0) is 0 Å². The molecule has 0 aliphatic carbocycles. The van der Waals surface area contributed by atoms with Crippen LogP contribution in [-0.2, 0) is 16.6 Å². The van der Waals surface area contributed by atoms with Gasteiger partial charge in [-0.3, -0.25) is 0 Å². The fourth-order valence-electron chi connectivity index (χ4n) is 1.58. The molecule has 0 aromatic rings. The molecule has 11 heavy (non-hydrogen) atoms. The minimum atomic E-state index is -1.70. The van der Waals surface area contributed by atoms with E-state index >= 15 is 0 Å². The fourth-order valence-corrected chi connectivity index (χ4v) is 9.77. The first kappa shape index (κ1) is 12.3. The molecular weight excluding hydrogens is 215 g/mol. The van der Waals surface area contributed by atoms with Crippen LogP contribution in [0.3, 0.4) is 0 Å². The second-order valence-corrected chi connectivity index (χ2v) is 13.1. The summed E-state index contributed by atoms with van der Waals surface area (Å²) in [5.74, 6) is 0.650. The number of hydrogen-bond donors (Lipinski definition) is 0. The van der Waals surface area contributed by atoms with Crippen molar-refractivity contribution in [1.29, 1.82) is 0 Å². The number of hydrogen-bond acceptors (Lipinski definition) is 0. The zero-order chi connectivity index (χ0) is 8.91. The third-order valence-electron chi connectivity index (χ3n) is 2.91. The van der Waals surface area contributed by atoms with Gasteiger partial charge in [0.15, 0.2) is 0 Å².